The Morgan fingerprint density at radius 2 is 1.57 bits per heavy atom. The number of fused-ring (bicyclic) bond motifs is 1. The van der Waals surface area contributed by atoms with Crippen molar-refractivity contribution in [3.8, 4) is 0 Å². The molecule has 0 fully saturated rings. The van der Waals surface area contributed by atoms with Crippen LogP contribution in [0.15, 0.2) is 54.6 Å². The maximum atomic E-state index is 10.8. The van der Waals surface area contributed by atoms with Crippen LogP contribution in [0.4, 0.5) is 0 Å². The van der Waals surface area contributed by atoms with E-state index in [9.17, 15) is 5.11 Å². The molecule has 1 N–H and O–H groups in total. The average Bonchev–Trinajstić information content (AvgIpc) is 2.50. The Morgan fingerprint density at radius 3 is 2.33 bits per heavy atom. The molecule has 0 heterocycles. The fourth-order valence-corrected chi connectivity index (χ4v) is 3.45. The van der Waals surface area contributed by atoms with Crippen LogP contribution >= 0.6 is 45.8 Å². The van der Waals surface area contributed by atoms with Crippen molar-refractivity contribution in [2.45, 2.75) is 6.10 Å². The fraction of sp³-hybridized carbons (Fsp3) is 0.0588. The molecule has 21 heavy (non-hydrogen) atoms. The van der Waals surface area contributed by atoms with Gasteiger partial charge in [0.25, 0.3) is 0 Å². The Hall–Kier alpha value is -0.810. The lowest BCUT2D eigenvalue weighted by Crippen LogP contribution is -2.03. The van der Waals surface area contributed by atoms with Crippen LogP contribution in [0.5, 0.6) is 0 Å². The zero-order chi connectivity index (χ0) is 15.0. The maximum absolute atomic E-state index is 10.8. The first-order chi connectivity index (χ1) is 10.1. The van der Waals surface area contributed by atoms with E-state index in [4.69, 9.17) is 23.2 Å². The molecule has 0 saturated heterocycles. The minimum Gasteiger partial charge on any atom is -0.384 e. The number of aliphatic hydroxyl groups is 1. The summed E-state index contributed by atoms with van der Waals surface area (Å²) in [4.78, 5) is 0. The van der Waals surface area contributed by atoms with Crippen molar-refractivity contribution < 1.29 is 5.11 Å². The number of aliphatic hydroxyl groups excluding tert-OH is 1. The van der Waals surface area contributed by atoms with Gasteiger partial charge in [-0.05, 0) is 63.4 Å². The molecule has 1 atom stereocenters. The molecule has 1 nitrogen and oxygen atoms in total. The molecule has 0 bridgehead atoms. The number of benzene rings is 3. The van der Waals surface area contributed by atoms with E-state index >= 15 is 0 Å². The number of hydrogen-bond acceptors (Lipinski definition) is 1. The molecule has 106 valence electrons. The van der Waals surface area contributed by atoms with Crippen LogP contribution < -0.4 is 0 Å². The van der Waals surface area contributed by atoms with E-state index < -0.39 is 6.10 Å². The molecule has 1 unspecified atom stereocenters. The van der Waals surface area contributed by atoms with Gasteiger partial charge in [0.2, 0.25) is 0 Å². The topological polar surface area (TPSA) is 20.2 Å². The molecule has 3 rings (SSSR count). The molecular weight excluding hydrogens is 418 g/mol. The molecule has 0 spiro atoms. The van der Waals surface area contributed by atoms with E-state index in [-0.39, 0.29) is 0 Å². The normalized spacial score (nSPS) is 12.6. The van der Waals surface area contributed by atoms with Crippen LogP contribution in [-0.2, 0) is 0 Å². The second-order valence-electron chi connectivity index (χ2n) is 4.75. The Kier molecular flexibility index (Phi) is 4.41. The molecule has 0 radical (unpaired) electrons. The van der Waals surface area contributed by atoms with Crippen LogP contribution in [0.3, 0.4) is 0 Å². The van der Waals surface area contributed by atoms with Gasteiger partial charge in [-0.25, -0.2) is 0 Å². The predicted molar refractivity (Wildman–Crippen MR) is 97.2 cm³/mol. The minimum absolute atomic E-state index is 0.614. The summed E-state index contributed by atoms with van der Waals surface area (Å²) in [7, 11) is 0. The van der Waals surface area contributed by atoms with Gasteiger partial charge >= 0.3 is 0 Å². The first-order valence-electron chi connectivity index (χ1n) is 6.38. The van der Waals surface area contributed by atoms with Crippen molar-refractivity contribution in [1.29, 1.82) is 0 Å². The average molecular weight is 429 g/mol. The summed E-state index contributed by atoms with van der Waals surface area (Å²) in [5.41, 5.74) is 1.63. The zero-order valence-corrected chi connectivity index (χ0v) is 14.5. The molecule has 0 saturated carbocycles. The highest BCUT2D eigenvalue weighted by atomic mass is 127. The first kappa shape index (κ1) is 15.1. The Bertz CT molecular complexity index is 817. The van der Waals surface area contributed by atoms with Crippen LogP contribution in [-0.4, -0.2) is 5.11 Å². The summed E-state index contributed by atoms with van der Waals surface area (Å²) < 4.78 is 0.975. The van der Waals surface area contributed by atoms with E-state index in [1.54, 1.807) is 6.07 Å². The van der Waals surface area contributed by atoms with E-state index in [0.717, 1.165) is 25.5 Å². The summed E-state index contributed by atoms with van der Waals surface area (Å²) in [6.07, 6.45) is -0.738. The van der Waals surface area contributed by atoms with Crippen molar-refractivity contribution >= 4 is 56.6 Å². The van der Waals surface area contributed by atoms with Crippen LogP contribution in [0.25, 0.3) is 10.8 Å². The number of rotatable bonds is 2. The molecule has 3 aromatic carbocycles. The van der Waals surface area contributed by atoms with Crippen molar-refractivity contribution in [3.05, 3.63) is 79.3 Å². The molecule has 4 heteroatoms. The first-order valence-corrected chi connectivity index (χ1v) is 8.21. The molecule has 3 aromatic rings. The van der Waals surface area contributed by atoms with Crippen LogP contribution in [0.1, 0.15) is 17.2 Å². The van der Waals surface area contributed by atoms with Crippen molar-refractivity contribution in [2.24, 2.45) is 0 Å². The van der Waals surface area contributed by atoms with Gasteiger partial charge in [0.1, 0.15) is 6.10 Å². The van der Waals surface area contributed by atoms with Crippen molar-refractivity contribution in [2.75, 3.05) is 0 Å². The lowest BCUT2D eigenvalue weighted by molar-refractivity contribution is 0.221. The third kappa shape index (κ3) is 2.90. The summed E-state index contributed by atoms with van der Waals surface area (Å²) in [6.45, 7) is 0. The second-order valence-corrected chi connectivity index (χ2v) is 6.76. The van der Waals surface area contributed by atoms with Gasteiger partial charge in [0, 0.05) is 19.0 Å². The van der Waals surface area contributed by atoms with E-state index in [1.165, 1.54) is 0 Å². The van der Waals surface area contributed by atoms with Gasteiger partial charge in [-0.2, -0.15) is 0 Å². The highest BCUT2D eigenvalue weighted by Crippen LogP contribution is 2.35. The quantitative estimate of drug-likeness (QED) is 0.509. The highest BCUT2D eigenvalue weighted by molar-refractivity contribution is 14.1. The summed E-state index contributed by atoms with van der Waals surface area (Å²) >= 11 is 14.5. The number of halogens is 3. The van der Waals surface area contributed by atoms with Gasteiger partial charge in [-0.3, -0.25) is 0 Å². The minimum atomic E-state index is -0.738. The van der Waals surface area contributed by atoms with Crippen molar-refractivity contribution in [1.82, 2.24) is 0 Å². The van der Waals surface area contributed by atoms with Gasteiger partial charge in [-0.1, -0.05) is 53.5 Å². The second kappa shape index (κ2) is 6.13. The zero-order valence-electron chi connectivity index (χ0n) is 10.9. The Balaban J connectivity index is 2.20. The third-order valence-corrected chi connectivity index (χ3v) is 5.00. The van der Waals surface area contributed by atoms with Crippen molar-refractivity contribution in [3.63, 3.8) is 0 Å². The molecule has 0 aliphatic heterocycles. The van der Waals surface area contributed by atoms with Crippen LogP contribution in [0.2, 0.25) is 10.0 Å². The Morgan fingerprint density at radius 1 is 0.857 bits per heavy atom. The monoisotopic (exact) mass is 428 g/mol. The summed E-state index contributed by atoms with van der Waals surface area (Å²) in [5.74, 6) is 0. The van der Waals surface area contributed by atoms with Gasteiger partial charge in [0.15, 0.2) is 0 Å². The van der Waals surface area contributed by atoms with E-state index in [2.05, 4.69) is 22.6 Å². The fourth-order valence-electron chi connectivity index (χ4n) is 2.42. The lowest BCUT2D eigenvalue weighted by Gasteiger charge is -2.16. The predicted octanol–water partition coefficient (Wildman–Crippen LogP) is 5.83. The summed E-state index contributed by atoms with van der Waals surface area (Å²) in [5, 5.41) is 14.0. The molecule has 0 amide bonds. The van der Waals surface area contributed by atoms with E-state index in [0.29, 0.717) is 10.0 Å². The molecule has 0 aromatic heterocycles. The smallest absolute Gasteiger partial charge is 0.106 e. The Labute approximate surface area is 146 Å². The van der Waals surface area contributed by atoms with Gasteiger partial charge in [-0.15, -0.1) is 0 Å². The molecule has 0 aliphatic carbocycles. The summed E-state index contributed by atoms with van der Waals surface area (Å²) in [6, 6.07) is 17.0. The van der Waals surface area contributed by atoms with Gasteiger partial charge in [0.05, 0.1) is 0 Å². The highest BCUT2D eigenvalue weighted by Gasteiger charge is 2.17. The van der Waals surface area contributed by atoms with Crippen LogP contribution in [0, 0.1) is 3.57 Å². The SMILES string of the molecule is OC(c1cc(Cl)ccc1I)c1ccc(Cl)c2ccccc12. The largest absolute Gasteiger partial charge is 0.384 e. The lowest BCUT2D eigenvalue weighted by atomic mass is 9.96. The molecule has 0 aliphatic rings. The third-order valence-electron chi connectivity index (χ3n) is 3.45. The number of hydrogen-bond donors (Lipinski definition) is 1. The van der Waals surface area contributed by atoms with Gasteiger partial charge < -0.3 is 5.11 Å². The standard InChI is InChI=1S/C17H11Cl2IO/c18-10-5-8-16(20)14(9-10)17(21)13-6-7-15(19)12-4-2-1-3-11(12)13/h1-9,17,21H. The maximum Gasteiger partial charge on any atom is 0.106 e. The van der Waals surface area contributed by atoms with E-state index in [1.807, 2.05) is 48.5 Å². The molecular formula is C17H11Cl2IO.